The Kier molecular flexibility index (Phi) is 3.68. The van der Waals surface area contributed by atoms with Crippen molar-refractivity contribution in [3.8, 4) is 11.5 Å². The molecular weight excluding hydrogens is 350 g/mol. The zero-order valence-electron chi connectivity index (χ0n) is 14.3. The number of benzene rings is 2. The number of hydrogen-bond donors (Lipinski definition) is 0. The van der Waals surface area contributed by atoms with Crippen LogP contribution >= 0.6 is 11.6 Å². The zero-order valence-corrected chi connectivity index (χ0v) is 15.0. The Morgan fingerprint density at radius 3 is 2.65 bits per heavy atom. The van der Waals surface area contributed by atoms with Crippen LogP contribution in [0.4, 0.5) is 0 Å². The molecule has 1 aliphatic carbocycles. The van der Waals surface area contributed by atoms with Crippen LogP contribution in [-0.4, -0.2) is 17.3 Å². The van der Waals surface area contributed by atoms with Crippen molar-refractivity contribution in [1.29, 1.82) is 0 Å². The lowest BCUT2D eigenvalue weighted by atomic mass is 10.1. The van der Waals surface area contributed by atoms with Crippen LogP contribution in [0.15, 0.2) is 36.4 Å². The van der Waals surface area contributed by atoms with Crippen LogP contribution in [-0.2, 0) is 12.8 Å². The summed E-state index contributed by atoms with van der Waals surface area (Å²) in [5, 5.41) is 1.66. The maximum atomic E-state index is 13.4. The van der Waals surface area contributed by atoms with E-state index in [0.717, 1.165) is 48.0 Å². The molecule has 132 valence electrons. The number of rotatable bonds is 1. The molecule has 0 bridgehead atoms. The number of nitrogens with zero attached hydrogens (tertiary/aromatic N) is 1. The summed E-state index contributed by atoms with van der Waals surface area (Å²) in [6, 6.07) is 11.1. The van der Waals surface area contributed by atoms with Crippen molar-refractivity contribution in [3.63, 3.8) is 0 Å². The number of fused-ring (bicyclic) bond motifs is 4. The maximum absolute atomic E-state index is 13.4. The van der Waals surface area contributed by atoms with Gasteiger partial charge in [-0.05, 0) is 55.5 Å². The number of carbonyl (C=O) groups is 1. The van der Waals surface area contributed by atoms with E-state index in [2.05, 4.69) is 0 Å². The summed E-state index contributed by atoms with van der Waals surface area (Å²) < 4.78 is 13.0. The summed E-state index contributed by atoms with van der Waals surface area (Å²) in [4.78, 5) is 13.4. The number of aryl methyl sites for hydroxylation is 1. The molecule has 0 radical (unpaired) electrons. The molecule has 0 saturated heterocycles. The highest BCUT2D eigenvalue weighted by Crippen LogP contribution is 2.41. The van der Waals surface area contributed by atoms with Gasteiger partial charge in [-0.15, -0.1) is 0 Å². The van der Waals surface area contributed by atoms with E-state index in [0.29, 0.717) is 16.3 Å². The van der Waals surface area contributed by atoms with Gasteiger partial charge < -0.3 is 9.47 Å². The first-order valence-electron chi connectivity index (χ1n) is 8.98. The van der Waals surface area contributed by atoms with Gasteiger partial charge in [0.05, 0.1) is 5.52 Å². The molecule has 2 aromatic carbocycles. The van der Waals surface area contributed by atoms with Crippen molar-refractivity contribution < 1.29 is 14.3 Å². The Morgan fingerprint density at radius 2 is 1.81 bits per heavy atom. The third kappa shape index (κ3) is 2.40. The van der Waals surface area contributed by atoms with Crippen molar-refractivity contribution in [3.05, 3.63) is 58.2 Å². The fraction of sp³-hybridized carbons (Fsp3) is 0.286. The number of aromatic nitrogens is 1. The zero-order chi connectivity index (χ0) is 17.7. The molecule has 1 aliphatic heterocycles. The second kappa shape index (κ2) is 6.06. The number of carbonyl (C=O) groups excluding carboxylic acids is 1. The summed E-state index contributed by atoms with van der Waals surface area (Å²) in [6.07, 6.45) is 5.32. The van der Waals surface area contributed by atoms with Gasteiger partial charge in [-0.1, -0.05) is 24.1 Å². The first kappa shape index (κ1) is 15.8. The third-order valence-electron chi connectivity index (χ3n) is 5.29. The quantitative estimate of drug-likeness (QED) is 0.569. The second-order valence-corrected chi connectivity index (χ2v) is 7.30. The SMILES string of the molecule is O=C(c1cccc(Cl)c1)n1c2c(c3cc4c(cc31)OCO4)CCCCC2. The maximum Gasteiger partial charge on any atom is 0.262 e. The van der Waals surface area contributed by atoms with Crippen LogP contribution in [0.2, 0.25) is 5.02 Å². The minimum Gasteiger partial charge on any atom is -0.454 e. The van der Waals surface area contributed by atoms with Gasteiger partial charge in [-0.25, -0.2) is 0 Å². The Balaban J connectivity index is 1.77. The number of halogens is 1. The number of ether oxygens (including phenoxy) is 2. The van der Waals surface area contributed by atoms with Crippen molar-refractivity contribution >= 4 is 28.4 Å². The molecule has 0 unspecified atom stereocenters. The van der Waals surface area contributed by atoms with E-state index in [1.54, 1.807) is 12.1 Å². The minimum atomic E-state index is -0.0421. The largest absolute Gasteiger partial charge is 0.454 e. The van der Waals surface area contributed by atoms with Crippen molar-refractivity contribution in [1.82, 2.24) is 4.57 Å². The van der Waals surface area contributed by atoms with Crippen molar-refractivity contribution in [2.75, 3.05) is 6.79 Å². The van der Waals surface area contributed by atoms with Gasteiger partial charge >= 0.3 is 0 Å². The Morgan fingerprint density at radius 1 is 1.00 bits per heavy atom. The lowest BCUT2D eigenvalue weighted by Gasteiger charge is -2.10. The van der Waals surface area contributed by atoms with Gasteiger partial charge in [0, 0.05) is 27.7 Å². The van der Waals surface area contributed by atoms with Gasteiger partial charge in [0.1, 0.15) is 0 Å². The van der Waals surface area contributed by atoms with Crippen LogP contribution in [0.3, 0.4) is 0 Å². The Bertz CT molecular complexity index is 1040. The van der Waals surface area contributed by atoms with E-state index in [1.165, 1.54) is 12.0 Å². The molecule has 5 heteroatoms. The predicted octanol–water partition coefficient (Wildman–Crippen LogP) is 4.98. The molecule has 0 N–H and O–H groups in total. The van der Waals surface area contributed by atoms with Crippen molar-refractivity contribution in [2.45, 2.75) is 32.1 Å². The van der Waals surface area contributed by atoms with Gasteiger partial charge in [0.25, 0.3) is 5.91 Å². The highest BCUT2D eigenvalue weighted by atomic mass is 35.5. The van der Waals surface area contributed by atoms with Gasteiger partial charge in [0.15, 0.2) is 11.5 Å². The second-order valence-electron chi connectivity index (χ2n) is 6.86. The molecule has 0 fully saturated rings. The summed E-state index contributed by atoms with van der Waals surface area (Å²) in [5.41, 5.74) is 3.88. The fourth-order valence-electron chi connectivity index (χ4n) is 4.09. The molecular formula is C21H18ClNO3. The average Bonchev–Trinajstić information content (AvgIpc) is 3.12. The molecule has 0 atom stereocenters. The molecule has 0 saturated carbocycles. The monoisotopic (exact) mass is 367 g/mol. The molecule has 0 spiro atoms. The van der Waals surface area contributed by atoms with Crippen LogP contribution in [0.1, 0.15) is 40.9 Å². The van der Waals surface area contributed by atoms with Crippen LogP contribution < -0.4 is 9.47 Å². The van der Waals surface area contributed by atoms with Crippen LogP contribution in [0.5, 0.6) is 11.5 Å². The molecule has 0 amide bonds. The first-order chi connectivity index (χ1) is 12.7. The lowest BCUT2D eigenvalue weighted by Crippen LogP contribution is -2.15. The topological polar surface area (TPSA) is 40.5 Å². The lowest BCUT2D eigenvalue weighted by molar-refractivity contribution is 0.0962. The Hall–Kier alpha value is -2.46. The molecule has 5 rings (SSSR count). The van der Waals surface area contributed by atoms with E-state index in [1.807, 2.05) is 28.8 Å². The Labute approximate surface area is 156 Å². The number of hydrogen-bond acceptors (Lipinski definition) is 3. The smallest absolute Gasteiger partial charge is 0.262 e. The minimum absolute atomic E-state index is 0.0421. The van der Waals surface area contributed by atoms with Crippen LogP contribution in [0, 0.1) is 0 Å². The predicted molar refractivity (Wildman–Crippen MR) is 101 cm³/mol. The molecule has 2 aliphatic rings. The highest BCUT2D eigenvalue weighted by molar-refractivity contribution is 6.31. The molecule has 3 aromatic rings. The van der Waals surface area contributed by atoms with Gasteiger partial charge in [-0.2, -0.15) is 0 Å². The normalized spacial score (nSPS) is 15.7. The van der Waals surface area contributed by atoms with E-state index >= 15 is 0 Å². The summed E-state index contributed by atoms with van der Waals surface area (Å²) in [7, 11) is 0. The summed E-state index contributed by atoms with van der Waals surface area (Å²) in [5.74, 6) is 1.42. The van der Waals surface area contributed by atoms with E-state index < -0.39 is 0 Å². The molecule has 1 aromatic heterocycles. The van der Waals surface area contributed by atoms with Gasteiger partial charge in [0.2, 0.25) is 6.79 Å². The summed E-state index contributed by atoms with van der Waals surface area (Å²) >= 11 is 6.12. The van der Waals surface area contributed by atoms with E-state index in [4.69, 9.17) is 21.1 Å². The standard InChI is InChI=1S/C21H18ClNO3/c22-14-6-4-5-13(9-14)21(24)23-17-8-3-1-2-7-15(17)16-10-19-20(11-18(16)23)26-12-25-19/h4-6,9-11H,1-3,7-8,12H2. The average molecular weight is 368 g/mol. The van der Waals surface area contributed by atoms with E-state index in [9.17, 15) is 4.79 Å². The van der Waals surface area contributed by atoms with Crippen molar-refractivity contribution in [2.24, 2.45) is 0 Å². The molecule has 2 heterocycles. The van der Waals surface area contributed by atoms with Gasteiger partial charge in [-0.3, -0.25) is 9.36 Å². The van der Waals surface area contributed by atoms with Crippen LogP contribution in [0.25, 0.3) is 10.9 Å². The fourth-order valence-corrected chi connectivity index (χ4v) is 4.28. The first-order valence-corrected chi connectivity index (χ1v) is 9.36. The third-order valence-corrected chi connectivity index (χ3v) is 5.53. The molecule has 4 nitrogen and oxygen atoms in total. The highest BCUT2D eigenvalue weighted by Gasteiger charge is 2.26. The molecule has 26 heavy (non-hydrogen) atoms. The van der Waals surface area contributed by atoms with E-state index in [-0.39, 0.29) is 12.7 Å². The summed E-state index contributed by atoms with van der Waals surface area (Å²) in [6.45, 7) is 0.229.